The van der Waals surface area contributed by atoms with Crippen LogP contribution in [0.4, 0.5) is 4.39 Å². The summed E-state index contributed by atoms with van der Waals surface area (Å²) in [5.74, 6) is -0.452. The largest absolute Gasteiger partial charge is 0.484 e. The summed E-state index contributed by atoms with van der Waals surface area (Å²) in [7, 11) is 0. The molecule has 200 valence electrons. The van der Waals surface area contributed by atoms with Gasteiger partial charge in [-0.1, -0.05) is 77.3 Å². The van der Waals surface area contributed by atoms with Crippen LogP contribution in [0.3, 0.4) is 0 Å². The van der Waals surface area contributed by atoms with E-state index in [2.05, 4.69) is 21.2 Å². The highest BCUT2D eigenvalue weighted by Gasteiger charge is 2.33. The molecule has 0 saturated heterocycles. The smallest absolute Gasteiger partial charge is 0.261 e. The van der Waals surface area contributed by atoms with Gasteiger partial charge in [-0.15, -0.1) is 0 Å². The number of carbonyl (C=O) groups excluding carboxylic acids is 2. The lowest BCUT2D eigenvalue weighted by Gasteiger charge is -2.32. The summed E-state index contributed by atoms with van der Waals surface area (Å²) in [4.78, 5) is 28.9. The zero-order valence-electron chi connectivity index (χ0n) is 21.9. The van der Waals surface area contributed by atoms with Crippen molar-refractivity contribution in [2.24, 2.45) is 0 Å². The Bertz CT molecular complexity index is 1240. The SMILES string of the molecule is Cc1cc(OCC(=O)N(Cc2ccccc2F)[C@@H](Cc2ccccc2)C(=O)NC2CCCC2)cc(C)c1Br. The number of benzene rings is 3. The highest BCUT2D eigenvalue weighted by atomic mass is 79.9. The van der Waals surface area contributed by atoms with Gasteiger partial charge >= 0.3 is 0 Å². The van der Waals surface area contributed by atoms with E-state index in [0.717, 1.165) is 46.8 Å². The van der Waals surface area contributed by atoms with Gasteiger partial charge in [0.15, 0.2) is 6.61 Å². The van der Waals surface area contributed by atoms with Crippen LogP contribution in [0.1, 0.15) is 47.9 Å². The molecule has 1 aliphatic carbocycles. The molecule has 1 N–H and O–H groups in total. The summed E-state index contributed by atoms with van der Waals surface area (Å²) in [6, 6.07) is 19.0. The van der Waals surface area contributed by atoms with Gasteiger partial charge in [-0.25, -0.2) is 4.39 Å². The van der Waals surface area contributed by atoms with Crippen LogP contribution in [0.2, 0.25) is 0 Å². The van der Waals surface area contributed by atoms with Gasteiger partial charge in [-0.3, -0.25) is 9.59 Å². The van der Waals surface area contributed by atoms with Crippen molar-refractivity contribution < 1.29 is 18.7 Å². The Morgan fingerprint density at radius 1 is 1.03 bits per heavy atom. The van der Waals surface area contributed by atoms with E-state index in [1.807, 2.05) is 56.3 Å². The van der Waals surface area contributed by atoms with Crippen molar-refractivity contribution in [3.05, 3.63) is 99.3 Å². The molecule has 4 rings (SSSR count). The lowest BCUT2D eigenvalue weighted by atomic mass is 10.0. The van der Waals surface area contributed by atoms with Crippen molar-refractivity contribution >= 4 is 27.7 Å². The molecule has 0 bridgehead atoms. The van der Waals surface area contributed by atoms with Gasteiger partial charge in [0.25, 0.3) is 5.91 Å². The summed E-state index contributed by atoms with van der Waals surface area (Å²) >= 11 is 3.55. The van der Waals surface area contributed by atoms with E-state index in [9.17, 15) is 14.0 Å². The van der Waals surface area contributed by atoms with Crippen molar-refractivity contribution in [1.29, 1.82) is 0 Å². The number of rotatable bonds is 10. The first kappa shape index (κ1) is 27.8. The molecular weight excluding hydrogens is 547 g/mol. The fourth-order valence-electron chi connectivity index (χ4n) is 4.95. The number of nitrogens with one attached hydrogen (secondary N) is 1. The molecule has 3 aromatic rings. The second-order valence-corrected chi connectivity index (χ2v) is 10.8. The first-order valence-electron chi connectivity index (χ1n) is 13.1. The molecule has 3 aromatic carbocycles. The van der Waals surface area contributed by atoms with Gasteiger partial charge in [-0.05, 0) is 61.6 Å². The molecule has 0 heterocycles. The van der Waals surface area contributed by atoms with E-state index in [0.29, 0.717) is 17.7 Å². The zero-order chi connectivity index (χ0) is 27.1. The zero-order valence-corrected chi connectivity index (χ0v) is 23.5. The fourth-order valence-corrected chi connectivity index (χ4v) is 5.18. The molecule has 0 aliphatic heterocycles. The summed E-state index contributed by atoms with van der Waals surface area (Å²) < 4.78 is 21.6. The Morgan fingerprint density at radius 3 is 2.32 bits per heavy atom. The molecule has 1 fully saturated rings. The number of hydrogen-bond donors (Lipinski definition) is 1. The molecule has 1 aliphatic rings. The van der Waals surface area contributed by atoms with Gasteiger partial charge in [-0.2, -0.15) is 0 Å². The minimum absolute atomic E-state index is 0.0388. The molecule has 0 radical (unpaired) electrons. The highest BCUT2D eigenvalue weighted by Crippen LogP contribution is 2.27. The van der Waals surface area contributed by atoms with Gasteiger partial charge in [0.05, 0.1) is 0 Å². The van der Waals surface area contributed by atoms with Crippen LogP contribution < -0.4 is 10.1 Å². The third kappa shape index (κ3) is 7.22. The van der Waals surface area contributed by atoms with Gasteiger partial charge in [0.1, 0.15) is 17.6 Å². The molecule has 1 atom stereocenters. The standard InChI is InChI=1S/C31H34BrFN2O3/c1-21-16-26(17-22(2)30(21)32)38-20-29(36)35(19-24-12-6-9-15-27(24)33)28(18-23-10-4-3-5-11-23)31(37)34-25-13-7-8-14-25/h3-6,9-12,15-17,25,28H,7-8,13-14,18-20H2,1-2H3,(H,34,37)/t28-/m0/s1. The Hall–Kier alpha value is -3.19. The maximum atomic E-state index is 14.7. The average Bonchev–Trinajstić information content (AvgIpc) is 3.42. The Morgan fingerprint density at radius 2 is 1.66 bits per heavy atom. The second kappa shape index (κ2) is 13.1. The van der Waals surface area contributed by atoms with Crippen molar-refractivity contribution in [2.45, 2.75) is 64.6 Å². The number of carbonyl (C=O) groups is 2. The van der Waals surface area contributed by atoms with E-state index in [1.54, 1.807) is 18.2 Å². The molecule has 38 heavy (non-hydrogen) atoms. The number of hydrogen-bond acceptors (Lipinski definition) is 3. The van der Waals surface area contributed by atoms with E-state index in [4.69, 9.17) is 4.74 Å². The van der Waals surface area contributed by atoms with Crippen LogP contribution in [0.25, 0.3) is 0 Å². The number of aryl methyl sites for hydroxylation is 2. The molecule has 0 aromatic heterocycles. The average molecular weight is 582 g/mol. The molecule has 7 heteroatoms. The minimum Gasteiger partial charge on any atom is -0.484 e. The third-order valence-electron chi connectivity index (χ3n) is 7.04. The predicted octanol–water partition coefficient (Wildman–Crippen LogP) is 6.28. The lowest BCUT2D eigenvalue weighted by Crippen LogP contribution is -2.53. The second-order valence-electron chi connectivity index (χ2n) is 9.97. The number of ether oxygens (including phenoxy) is 1. The Balaban J connectivity index is 1.63. The minimum atomic E-state index is -0.818. The molecular formula is C31H34BrFN2O3. The van der Waals surface area contributed by atoms with Crippen LogP contribution in [-0.2, 0) is 22.6 Å². The third-order valence-corrected chi connectivity index (χ3v) is 8.29. The van der Waals surface area contributed by atoms with Crippen molar-refractivity contribution in [2.75, 3.05) is 6.61 Å². The Labute approximate surface area is 232 Å². The van der Waals surface area contributed by atoms with Gasteiger partial charge < -0.3 is 15.0 Å². The maximum absolute atomic E-state index is 14.7. The Kier molecular flexibility index (Phi) is 9.56. The summed E-state index contributed by atoms with van der Waals surface area (Å²) in [5, 5.41) is 3.16. The van der Waals surface area contributed by atoms with Crippen molar-refractivity contribution in [1.82, 2.24) is 10.2 Å². The molecule has 5 nitrogen and oxygen atoms in total. The summed E-state index contributed by atoms with van der Waals surface area (Å²) in [5.41, 5.74) is 3.26. The van der Waals surface area contributed by atoms with E-state index >= 15 is 0 Å². The molecule has 0 spiro atoms. The van der Waals surface area contributed by atoms with Gasteiger partial charge in [0, 0.05) is 29.0 Å². The number of nitrogens with zero attached hydrogens (tertiary/aromatic N) is 1. The first-order chi connectivity index (χ1) is 18.3. The van der Waals surface area contributed by atoms with Crippen molar-refractivity contribution in [3.63, 3.8) is 0 Å². The summed E-state index contributed by atoms with van der Waals surface area (Å²) in [6.07, 6.45) is 4.32. The predicted molar refractivity (Wildman–Crippen MR) is 150 cm³/mol. The normalized spacial score (nSPS) is 14.2. The van der Waals surface area contributed by atoms with Crippen molar-refractivity contribution in [3.8, 4) is 5.75 Å². The lowest BCUT2D eigenvalue weighted by molar-refractivity contribution is -0.143. The van der Waals surface area contributed by atoms with E-state index < -0.39 is 11.9 Å². The van der Waals surface area contributed by atoms with E-state index in [1.165, 1.54) is 11.0 Å². The quantitative estimate of drug-likeness (QED) is 0.307. The van der Waals surface area contributed by atoms with Crippen LogP contribution in [0.15, 0.2) is 71.2 Å². The number of amides is 2. The monoisotopic (exact) mass is 580 g/mol. The summed E-state index contributed by atoms with van der Waals surface area (Å²) in [6.45, 7) is 3.61. The van der Waals surface area contributed by atoms with Crippen LogP contribution in [0.5, 0.6) is 5.75 Å². The topological polar surface area (TPSA) is 58.6 Å². The molecule has 0 unspecified atom stereocenters. The number of halogens is 2. The molecule has 1 saturated carbocycles. The van der Waals surface area contributed by atoms with Crippen LogP contribution >= 0.6 is 15.9 Å². The van der Waals surface area contributed by atoms with Gasteiger partial charge in [0.2, 0.25) is 5.91 Å². The van der Waals surface area contributed by atoms with E-state index in [-0.39, 0.29) is 31.0 Å². The highest BCUT2D eigenvalue weighted by molar-refractivity contribution is 9.10. The molecule has 2 amide bonds. The van der Waals surface area contributed by atoms with Crippen LogP contribution in [0, 0.1) is 19.7 Å². The van der Waals surface area contributed by atoms with Crippen LogP contribution in [-0.4, -0.2) is 35.4 Å². The first-order valence-corrected chi connectivity index (χ1v) is 13.9. The fraction of sp³-hybridized carbons (Fsp3) is 0.355. The maximum Gasteiger partial charge on any atom is 0.261 e.